The molecule has 0 unspecified atom stereocenters. The van der Waals surface area contributed by atoms with E-state index in [0.29, 0.717) is 0 Å². The lowest BCUT2D eigenvalue weighted by atomic mass is 10.1. The summed E-state index contributed by atoms with van der Waals surface area (Å²) in [5.74, 6) is 0. The average Bonchev–Trinajstić information content (AvgIpc) is 3.23. The van der Waals surface area contributed by atoms with Gasteiger partial charge in [0.05, 0.1) is 6.20 Å². The molecule has 0 spiro atoms. The first kappa shape index (κ1) is 19.6. The van der Waals surface area contributed by atoms with Gasteiger partial charge < -0.3 is 4.90 Å². The highest BCUT2D eigenvalue weighted by Gasteiger charge is 2.18. The molecular weight excluding hydrogens is 358 g/mol. The third-order valence-electron chi connectivity index (χ3n) is 5.80. The number of hydrogen-bond donors (Lipinski definition) is 0. The second-order valence-electron chi connectivity index (χ2n) is 8.06. The molecule has 1 aliphatic rings. The predicted molar refractivity (Wildman–Crippen MR) is 119 cm³/mol. The third-order valence-corrected chi connectivity index (χ3v) is 5.80. The Morgan fingerprint density at radius 1 is 0.862 bits per heavy atom. The molecule has 0 aliphatic carbocycles. The minimum Gasteiger partial charge on any atom is -0.369 e. The molecule has 1 aliphatic heterocycles. The van der Waals surface area contributed by atoms with E-state index in [2.05, 4.69) is 70.5 Å². The topological polar surface area (TPSA) is 37.2 Å². The Labute approximate surface area is 174 Å². The number of aromatic nitrogens is 3. The molecule has 1 saturated heterocycles. The molecule has 5 heteroatoms. The highest BCUT2D eigenvalue weighted by molar-refractivity contribution is 5.57. The summed E-state index contributed by atoms with van der Waals surface area (Å²) in [7, 11) is 0. The smallest absolute Gasteiger partial charge is 0.113 e. The fraction of sp³-hybridized carbons (Fsp3) is 0.417. The van der Waals surface area contributed by atoms with Crippen LogP contribution in [0.4, 0.5) is 5.69 Å². The Bertz CT molecular complexity index is 910. The number of piperazine rings is 1. The summed E-state index contributed by atoms with van der Waals surface area (Å²) in [6.07, 6.45) is 4.39. The Morgan fingerprint density at radius 2 is 1.62 bits per heavy atom. The highest BCUT2D eigenvalue weighted by Crippen LogP contribution is 2.23. The quantitative estimate of drug-likeness (QED) is 0.569. The number of aryl methyl sites for hydroxylation is 3. The first-order valence-corrected chi connectivity index (χ1v) is 10.7. The van der Waals surface area contributed by atoms with Crippen molar-refractivity contribution in [2.75, 3.05) is 37.6 Å². The zero-order chi connectivity index (χ0) is 20.1. The van der Waals surface area contributed by atoms with Gasteiger partial charge in [0.15, 0.2) is 0 Å². The summed E-state index contributed by atoms with van der Waals surface area (Å²) in [4.78, 5) is 5.14. The van der Waals surface area contributed by atoms with Gasteiger partial charge in [0, 0.05) is 44.0 Å². The van der Waals surface area contributed by atoms with Crippen molar-refractivity contribution in [1.29, 1.82) is 0 Å². The van der Waals surface area contributed by atoms with Gasteiger partial charge in [-0.1, -0.05) is 47.7 Å². The maximum Gasteiger partial charge on any atom is 0.113 e. The van der Waals surface area contributed by atoms with Crippen LogP contribution in [-0.4, -0.2) is 52.6 Å². The molecule has 152 valence electrons. The molecule has 0 bridgehead atoms. The number of hydrogen-bond acceptors (Lipinski definition) is 4. The Hall–Kier alpha value is -2.66. The van der Waals surface area contributed by atoms with E-state index in [4.69, 9.17) is 0 Å². The van der Waals surface area contributed by atoms with Crippen LogP contribution in [-0.2, 0) is 6.54 Å². The van der Waals surface area contributed by atoms with E-state index in [0.717, 1.165) is 50.4 Å². The van der Waals surface area contributed by atoms with Gasteiger partial charge in [-0.3, -0.25) is 9.58 Å². The molecule has 1 aromatic heterocycles. The number of nitrogens with zero attached hydrogens (tertiary/aromatic N) is 5. The van der Waals surface area contributed by atoms with Crippen LogP contribution in [0, 0.1) is 13.8 Å². The summed E-state index contributed by atoms with van der Waals surface area (Å²) in [5, 5.41) is 8.58. The van der Waals surface area contributed by atoms with Crippen molar-refractivity contribution < 1.29 is 0 Å². The zero-order valence-corrected chi connectivity index (χ0v) is 17.6. The Kier molecular flexibility index (Phi) is 6.25. The van der Waals surface area contributed by atoms with Crippen LogP contribution in [0.1, 0.15) is 24.0 Å². The monoisotopic (exact) mass is 389 g/mol. The summed E-state index contributed by atoms with van der Waals surface area (Å²) < 4.78 is 1.97. The van der Waals surface area contributed by atoms with Gasteiger partial charge in [0.2, 0.25) is 0 Å². The summed E-state index contributed by atoms with van der Waals surface area (Å²) in [6, 6.07) is 17.0. The van der Waals surface area contributed by atoms with E-state index in [9.17, 15) is 0 Å². The predicted octanol–water partition coefficient (Wildman–Crippen LogP) is 4.16. The lowest BCUT2D eigenvalue weighted by Crippen LogP contribution is -2.46. The van der Waals surface area contributed by atoms with E-state index < -0.39 is 0 Å². The Balaban J connectivity index is 1.19. The standard InChI is InChI=1S/C24H31N5/c1-20-10-11-21(2)24(18-20)28-16-14-27(15-17-28)12-6-7-13-29-19-23(25-26-29)22-8-4-3-5-9-22/h3-5,8-11,18-19H,6-7,12-17H2,1-2H3. The summed E-state index contributed by atoms with van der Waals surface area (Å²) >= 11 is 0. The zero-order valence-electron chi connectivity index (χ0n) is 17.6. The molecule has 2 heterocycles. The van der Waals surface area contributed by atoms with Crippen LogP contribution in [0.5, 0.6) is 0 Å². The molecule has 0 atom stereocenters. The number of rotatable bonds is 7. The van der Waals surface area contributed by atoms with Crippen LogP contribution < -0.4 is 4.90 Å². The maximum atomic E-state index is 4.30. The fourth-order valence-electron chi connectivity index (χ4n) is 4.03. The molecule has 4 rings (SSSR count). The van der Waals surface area contributed by atoms with Crippen molar-refractivity contribution in [3.05, 3.63) is 65.9 Å². The SMILES string of the molecule is Cc1ccc(C)c(N2CCN(CCCCn3cc(-c4ccccc4)nn3)CC2)c1. The van der Waals surface area contributed by atoms with Gasteiger partial charge in [-0.05, 0) is 50.4 Å². The van der Waals surface area contributed by atoms with E-state index in [1.807, 2.05) is 22.9 Å². The third kappa shape index (κ3) is 5.04. The molecule has 0 N–H and O–H groups in total. The molecule has 3 aromatic rings. The van der Waals surface area contributed by atoms with Crippen LogP contribution in [0.25, 0.3) is 11.3 Å². The first-order valence-electron chi connectivity index (χ1n) is 10.7. The van der Waals surface area contributed by atoms with Gasteiger partial charge in [0.1, 0.15) is 5.69 Å². The number of unbranched alkanes of at least 4 members (excludes halogenated alkanes) is 1. The number of anilines is 1. The summed E-state index contributed by atoms with van der Waals surface area (Å²) in [6.45, 7) is 11.0. The molecular formula is C24H31N5. The van der Waals surface area contributed by atoms with Crippen molar-refractivity contribution in [1.82, 2.24) is 19.9 Å². The lowest BCUT2D eigenvalue weighted by molar-refractivity contribution is 0.250. The van der Waals surface area contributed by atoms with E-state index in [1.54, 1.807) is 0 Å². The molecule has 5 nitrogen and oxygen atoms in total. The van der Waals surface area contributed by atoms with Gasteiger partial charge in [-0.2, -0.15) is 0 Å². The molecule has 1 fully saturated rings. The van der Waals surface area contributed by atoms with Crippen LogP contribution in [0.15, 0.2) is 54.7 Å². The van der Waals surface area contributed by atoms with Crippen LogP contribution >= 0.6 is 0 Å². The van der Waals surface area contributed by atoms with Crippen LogP contribution in [0.2, 0.25) is 0 Å². The average molecular weight is 390 g/mol. The minimum atomic E-state index is 0.933. The maximum absolute atomic E-state index is 4.30. The lowest BCUT2D eigenvalue weighted by Gasteiger charge is -2.37. The second kappa shape index (κ2) is 9.23. The van der Waals surface area contributed by atoms with Crippen molar-refractivity contribution in [3.8, 4) is 11.3 Å². The van der Waals surface area contributed by atoms with Crippen molar-refractivity contribution >= 4 is 5.69 Å². The van der Waals surface area contributed by atoms with Crippen molar-refractivity contribution in [2.45, 2.75) is 33.2 Å². The molecule has 2 aromatic carbocycles. The van der Waals surface area contributed by atoms with E-state index >= 15 is 0 Å². The Morgan fingerprint density at radius 3 is 2.41 bits per heavy atom. The van der Waals surface area contributed by atoms with Gasteiger partial charge in [-0.15, -0.1) is 5.10 Å². The van der Waals surface area contributed by atoms with Gasteiger partial charge >= 0.3 is 0 Å². The van der Waals surface area contributed by atoms with Crippen molar-refractivity contribution in [3.63, 3.8) is 0 Å². The number of benzene rings is 2. The first-order chi connectivity index (χ1) is 14.2. The summed E-state index contributed by atoms with van der Waals surface area (Å²) in [5.41, 5.74) is 6.21. The second-order valence-corrected chi connectivity index (χ2v) is 8.06. The molecule has 0 saturated carbocycles. The molecule has 0 radical (unpaired) electrons. The fourth-order valence-corrected chi connectivity index (χ4v) is 4.03. The molecule has 0 amide bonds. The highest BCUT2D eigenvalue weighted by atomic mass is 15.4. The van der Waals surface area contributed by atoms with Gasteiger partial charge in [0.25, 0.3) is 0 Å². The van der Waals surface area contributed by atoms with Crippen molar-refractivity contribution in [2.24, 2.45) is 0 Å². The van der Waals surface area contributed by atoms with E-state index in [-0.39, 0.29) is 0 Å². The van der Waals surface area contributed by atoms with Crippen LogP contribution in [0.3, 0.4) is 0 Å². The largest absolute Gasteiger partial charge is 0.369 e. The minimum absolute atomic E-state index is 0.933. The molecule has 29 heavy (non-hydrogen) atoms. The normalized spacial score (nSPS) is 15.0. The van der Waals surface area contributed by atoms with E-state index in [1.165, 1.54) is 29.8 Å². The van der Waals surface area contributed by atoms with Gasteiger partial charge in [-0.25, -0.2) is 0 Å².